The van der Waals surface area contributed by atoms with E-state index in [4.69, 9.17) is 5.11 Å². The Morgan fingerprint density at radius 1 is 1.39 bits per heavy atom. The van der Waals surface area contributed by atoms with Crippen LogP contribution in [-0.2, 0) is 9.59 Å². The molecule has 0 spiro atoms. The number of carboxylic acids is 1. The minimum absolute atomic E-state index is 0.0204. The van der Waals surface area contributed by atoms with E-state index in [0.29, 0.717) is 13.0 Å². The first-order chi connectivity index (χ1) is 8.54. The molecule has 1 aliphatic rings. The molecule has 0 aliphatic heterocycles. The lowest BCUT2D eigenvalue weighted by Crippen LogP contribution is -2.44. The Bertz CT molecular complexity index is 294. The minimum Gasteiger partial charge on any atom is -0.481 e. The number of nitrogens with one attached hydrogen (secondary N) is 2. The summed E-state index contributed by atoms with van der Waals surface area (Å²) in [5.74, 6) is -1.09. The Morgan fingerprint density at radius 2 is 2.11 bits per heavy atom. The number of hydrogen-bond acceptors (Lipinski definition) is 3. The predicted molar refractivity (Wildman–Crippen MR) is 69.2 cm³/mol. The minimum atomic E-state index is -0.741. The lowest BCUT2D eigenvalue weighted by Gasteiger charge is -2.28. The molecule has 1 aliphatic carbocycles. The molecule has 1 saturated carbocycles. The third-order valence-electron chi connectivity index (χ3n) is 3.52. The van der Waals surface area contributed by atoms with Crippen LogP contribution in [0, 0.1) is 11.8 Å². The molecule has 18 heavy (non-hydrogen) atoms. The molecule has 3 N–H and O–H groups in total. The van der Waals surface area contributed by atoms with Crippen molar-refractivity contribution in [3.8, 4) is 0 Å². The van der Waals surface area contributed by atoms with Gasteiger partial charge in [-0.25, -0.2) is 0 Å². The van der Waals surface area contributed by atoms with Gasteiger partial charge >= 0.3 is 5.97 Å². The normalized spacial score (nSPS) is 25.4. The molecule has 0 aromatic carbocycles. The number of carbonyl (C=O) groups excluding carboxylic acids is 1. The second-order valence-corrected chi connectivity index (χ2v) is 5.12. The summed E-state index contributed by atoms with van der Waals surface area (Å²) in [5, 5.41) is 15.1. The average molecular weight is 256 g/mol. The van der Waals surface area contributed by atoms with Crippen molar-refractivity contribution >= 4 is 11.9 Å². The second-order valence-electron chi connectivity index (χ2n) is 5.12. The molecule has 0 heterocycles. The van der Waals surface area contributed by atoms with Crippen LogP contribution in [-0.4, -0.2) is 36.1 Å². The molecule has 0 aromatic heterocycles. The van der Waals surface area contributed by atoms with E-state index in [0.717, 1.165) is 25.8 Å². The van der Waals surface area contributed by atoms with Crippen molar-refractivity contribution in [1.29, 1.82) is 0 Å². The largest absolute Gasteiger partial charge is 0.481 e. The molecule has 1 amide bonds. The van der Waals surface area contributed by atoms with Gasteiger partial charge in [-0.2, -0.15) is 0 Å². The van der Waals surface area contributed by atoms with Crippen LogP contribution in [0.15, 0.2) is 0 Å². The summed E-state index contributed by atoms with van der Waals surface area (Å²) in [6.07, 6.45) is 3.07. The Hall–Kier alpha value is -1.10. The van der Waals surface area contributed by atoms with Gasteiger partial charge in [0.2, 0.25) is 5.91 Å². The smallest absolute Gasteiger partial charge is 0.306 e. The Labute approximate surface area is 108 Å². The molecule has 0 aromatic rings. The van der Waals surface area contributed by atoms with E-state index in [2.05, 4.69) is 10.6 Å². The molecule has 3 unspecified atom stereocenters. The molecule has 1 rings (SSSR count). The van der Waals surface area contributed by atoms with Crippen LogP contribution in [0.25, 0.3) is 0 Å². The van der Waals surface area contributed by atoms with Crippen LogP contribution >= 0.6 is 0 Å². The van der Waals surface area contributed by atoms with Gasteiger partial charge in [-0.1, -0.05) is 20.3 Å². The van der Waals surface area contributed by atoms with Crippen molar-refractivity contribution < 1.29 is 14.7 Å². The van der Waals surface area contributed by atoms with Crippen LogP contribution < -0.4 is 10.6 Å². The summed E-state index contributed by atoms with van der Waals surface area (Å²) in [4.78, 5) is 22.8. The van der Waals surface area contributed by atoms with E-state index in [1.165, 1.54) is 0 Å². The fourth-order valence-corrected chi connectivity index (χ4v) is 2.34. The Morgan fingerprint density at radius 3 is 2.72 bits per heavy atom. The molecule has 0 saturated heterocycles. The van der Waals surface area contributed by atoms with Crippen molar-refractivity contribution in [3.63, 3.8) is 0 Å². The summed E-state index contributed by atoms with van der Waals surface area (Å²) in [7, 11) is 0. The average Bonchev–Trinajstić information content (AvgIpc) is 2.36. The highest BCUT2D eigenvalue weighted by molar-refractivity contribution is 5.79. The van der Waals surface area contributed by atoms with Crippen LogP contribution in [0.2, 0.25) is 0 Å². The standard InChI is InChI=1S/C13H24N2O3/c1-3-14-8-9(2)12(16)15-11-6-4-5-10(7-11)13(17)18/h9-11,14H,3-8H2,1-2H3,(H,15,16)(H,17,18). The number of carboxylic acid groups (broad SMARTS) is 1. The van der Waals surface area contributed by atoms with Gasteiger partial charge in [-0.15, -0.1) is 0 Å². The van der Waals surface area contributed by atoms with Gasteiger partial charge in [0, 0.05) is 18.5 Å². The monoisotopic (exact) mass is 256 g/mol. The third kappa shape index (κ3) is 4.64. The van der Waals surface area contributed by atoms with Gasteiger partial charge in [-0.05, 0) is 25.8 Å². The fraction of sp³-hybridized carbons (Fsp3) is 0.846. The second kappa shape index (κ2) is 7.36. The van der Waals surface area contributed by atoms with E-state index in [-0.39, 0.29) is 23.8 Å². The first-order valence-electron chi connectivity index (χ1n) is 6.78. The molecule has 1 fully saturated rings. The van der Waals surface area contributed by atoms with Gasteiger partial charge in [0.25, 0.3) is 0 Å². The maximum Gasteiger partial charge on any atom is 0.306 e. The van der Waals surface area contributed by atoms with Gasteiger partial charge in [0.15, 0.2) is 0 Å². The number of hydrogen-bond donors (Lipinski definition) is 3. The van der Waals surface area contributed by atoms with E-state index in [1.54, 1.807) is 0 Å². The van der Waals surface area contributed by atoms with E-state index < -0.39 is 5.97 Å². The topological polar surface area (TPSA) is 78.4 Å². The van der Waals surface area contributed by atoms with Crippen molar-refractivity contribution in [3.05, 3.63) is 0 Å². The maximum atomic E-state index is 11.9. The van der Waals surface area contributed by atoms with Gasteiger partial charge in [-0.3, -0.25) is 9.59 Å². The molecule has 3 atom stereocenters. The summed E-state index contributed by atoms with van der Waals surface area (Å²) >= 11 is 0. The maximum absolute atomic E-state index is 11.9. The summed E-state index contributed by atoms with van der Waals surface area (Å²) in [6.45, 7) is 5.40. The molecular weight excluding hydrogens is 232 g/mol. The number of aliphatic carboxylic acids is 1. The number of rotatable bonds is 6. The highest BCUT2D eigenvalue weighted by Gasteiger charge is 2.28. The Balaban J connectivity index is 2.37. The lowest BCUT2D eigenvalue weighted by atomic mass is 9.85. The SMILES string of the molecule is CCNCC(C)C(=O)NC1CCCC(C(=O)O)C1. The molecule has 104 valence electrons. The van der Waals surface area contributed by atoms with Gasteiger partial charge in [0.1, 0.15) is 0 Å². The third-order valence-corrected chi connectivity index (χ3v) is 3.52. The fourth-order valence-electron chi connectivity index (χ4n) is 2.34. The number of carbonyl (C=O) groups is 2. The van der Waals surface area contributed by atoms with Gasteiger partial charge in [0.05, 0.1) is 5.92 Å². The molecule has 5 nitrogen and oxygen atoms in total. The van der Waals surface area contributed by atoms with Crippen molar-refractivity contribution in [2.45, 2.75) is 45.6 Å². The summed E-state index contributed by atoms with van der Waals surface area (Å²) < 4.78 is 0. The number of amides is 1. The van der Waals surface area contributed by atoms with Crippen molar-refractivity contribution in [2.75, 3.05) is 13.1 Å². The highest BCUT2D eigenvalue weighted by Crippen LogP contribution is 2.24. The highest BCUT2D eigenvalue weighted by atomic mass is 16.4. The van der Waals surface area contributed by atoms with Crippen LogP contribution in [0.1, 0.15) is 39.5 Å². The molecular formula is C13H24N2O3. The zero-order chi connectivity index (χ0) is 13.5. The lowest BCUT2D eigenvalue weighted by molar-refractivity contribution is -0.143. The zero-order valence-electron chi connectivity index (χ0n) is 11.2. The van der Waals surface area contributed by atoms with E-state index in [1.807, 2.05) is 13.8 Å². The first-order valence-corrected chi connectivity index (χ1v) is 6.78. The van der Waals surface area contributed by atoms with E-state index in [9.17, 15) is 9.59 Å². The van der Waals surface area contributed by atoms with Crippen molar-refractivity contribution in [2.24, 2.45) is 11.8 Å². The van der Waals surface area contributed by atoms with E-state index >= 15 is 0 Å². The summed E-state index contributed by atoms with van der Waals surface area (Å²) in [5.41, 5.74) is 0. The summed E-state index contributed by atoms with van der Waals surface area (Å²) in [6, 6.07) is 0.0245. The molecule has 0 radical (unpaired) electrons. The Kier molecular flexibility index (Phi) is 6.12. The van der Waals surface area contributed by atoms with Crippen LogP contribution in [0.4, 0.5) is 0 Å². The first kappa shape index (κ1) is 15.0. The van der Waals surface area contributed by atoms with Crippen molar-refractivity contribution in [1.82, 2.24) is 10.6 Å². The van der Waals surface area contributed by atoms with Crippen LogP contribution in [0.3, 0.4) is 0 Å². The van der Waals surface area contributed by atoms with Gasteiger partial charge < -0.3 is 15.7 Å². The predicted octanol–water partition coefficient (Wildman–Crippen LogP) is 0.992. The molecule has 5 heteroatoms. The quantitative estimate of drug-likeness (QED) is 0.662. The molecule has 0 bridgehead atoms. The zero-order valence-corrected chi connectivity index (χ0v) is 11.2. The van der Waals surface area contributed by atoms with Crippen LogP contribution in [0.5, 0.6) is 0 Å².